The average molecular weight is 265 g/mol. The van der Waals surface area contributed by atoms with Crippen LogP contribution in [0.3, 0.4) is 0 Å². The molecule has 1 amide bonds. The Balaban J connectivity index is 2.83. The molecule has 0 fully saturated rings. The smallest absolute Gasteiger partial charge is 0.241 e. The van der Waals surface area contributed by atoms with Gasteiger partial charge < -0.3 is 14.9 Å². The van der Waals surface area contributed by atoms with Crippen molar-refractivity contribution < 1.29 is 9.90 Å². The van der Waals surface area contributed by atoms with Crippen molar-refractivity contribution in [2.45, 2.75) is 26.4 Å². The minimum Gasteiger partial charge on any atom is -0.387 e. The van der Waals surface area contributed by atoms with E-state index in [0.717, 1.165) is 18.7 Å². The highest BCUT2D eigenvalue weighted by Gasteiger charge is 2.13. The predicted molar refractivity (Wildman–Crippen MR) is 76.1 cm³/mol. The van der Waals surface area contributed by atoms with Gasteiger partial charge in [0.25, 0.3) is 0 Å². The van der Waals surface area contributed by atoms with Gasteiger partial charge in [-0.3, -0.25) is 9.78 Å². The van der Waals surface area contributed by atoms with E-state index < -0.39 is 6.10 Å². The predicted octanol–water partition coefficient (Wildman–Crippen LogP) is 1.44. The largest absolute Gasteiger partial charge is 0.387 e. The number of likely N-dealkylation sites (N-methyl/N-ethyl adjacent to an activating group) is 1. The Kier molecular flexibility index (Phi) is 5.76. The topological polar surface area (TPSA) is 56.7 Å². The molecule has 0 saturated carbocycles. The summed E-state index contributed by atoms with van der Waals surface area (Å²) < 4.78 is 0. The molecule has 0 aliphatic carbocycles. The average Bonchev–Trinajstić information content (AvgIpc) is 2.38. The third kappa shape index (κ3) is 4.52. The van der Waals surface area contributed by atoms with Gasteiger partial charge in [0.1, 0.15) is 0 Å². The summed E-state index contributed by atoms with van der Waals surface area (Å²) in [5.74, 6) is 0.0630. The molecule has 1 aromatic rings. The van der Waals surface area contributed by atoms with Gasteiger partial charge in [-0.25, -0.2) is 0 Å². The number of hydrogen-bond donors (Lipinski definition) is 1. The summed E-state index contributed by atoms with van der Waals surface area (Å²) in [6.07, 6.45) is 2.09. The van der Waals surface area contributed by atoms with E-state index >= 15 is 0 Å². The first-order valence-electron chi connectivity index (χ1n) is 6.54. The molecule has 0 aliphatic heterocycles. The number of carbonyl (C=O) groups is 1. The molecule has 0 unspecified atom stereocenters. The fourth-order valence-corrected chi connectivity index (χ4v) is 1.71. The van der Waals surface area contributed by atoms with E-state index in [9.17, 15) is 9.90 Å². The summed E-state index contributed by atoms with van der Waals surface area (Å²) in [5.41, 5.74) is 1.54. The standard InChI is InChI=1S/C14H23N3O2/c1-5-8-17(10-14(19)16(3)4)12-6-7-13(11(2)18)15-9-12/h6-7,9,11,18H,5,8,10H2,1-4H3/t11-/m1/s1. The zero-order valence-electron chi connectivity index (χ0n) is 12.1. The lowest BCUT2D eigenvalue weighted by Crippen LogP contribution is -2.37. The summed E-state index contributed by atoms with van der Waals surface area (Å²) in [4.78, 5) is 19.6. The molecule has 0 aromatic carbocycles. The molecule has 5 heteroatoms. The third-order valence-electron chi connectivity index (χ3n) is 2.88. The minimum absolute atomic E-state index is 0.0630. The number of aliphatic hydroxyl groups is 1. The van der Waals surface area contributed by atoms with Crippen LogP contribution in [-0.2, 0) is 4.79 Å². The lowest BCUT2D eigenvalue weighted by Gasteiger charge is -2.25. The first kappa shape index (κ1) is 15.4. The Morgan fingerprint density at radius 3 is 2.53 bits per heavy atom. The van der Waals surface area contributed by atoms with Crippen molar-refractivity contribution in [1.29, 1.82) is 0 Å². The number of hydrogen-bond acceptors (Lipinski definition) is 4. The summed E-state index contributed by atoms with van der Waals surface area (Å²) in [7, 11) is 3.50. The van der Waals surface area contributed by atoms with Crippen LogP contribution in [-0.4, -0.2) is 48.1 Å². The van der Waals surface area contributed by atoms with E-state index in [1.54, 1.807) is 38.2 Å². The van der Waals surface area contributed by atoms with E-state index in [0.29, 0.717) is 12.2 Å². The molecule has 0 bridgehead atoms. The molecule has 0 aliphatic rings. The zero-order valence-corrected chi connectivity index (χ0v) is 12.1. The molecule has 106 valence electrons. The van der Waals surface area contributed by atoms with Crippen LogP contribution in [0.2, 0.25) is 0 Å². The summed E-state index contributed by atoms with van der Waals surface area (Å²) in [6, 6.07) is 3.69. The molecule has 1 heterocycles. The van der Waals surface area contributed by atoms with Gasteiger partial charge in [-0.05, 0) is 25.5 Å². The lowest BCUT2D eigenvalue weighted by atomic mass is 10.2. The summed E-state index contributed by atoms with van der Waals surface area (Å²) >= 11 is 0. The van der Waals surface area contributed by atoms with Crippen LogP contribution < -0.4 is 4.90 Å². The first-order chi connectivity index (χ1) is 8.95. The number of carbonyl (C=O) groups excluding carboxylic acids is 1. The second-order valence-electron chi connectivity index (χ2n) is 4.83. The van der Waals surface area contributed by atoms with E-state index in [1.165, 1.54) is 0 Å². The maximum atomic E-state index is 11.8. The molecule has 1 N–H and O–H groups in total. The van der Waals surface area contributed by atoms with Crippen molar-refractivity contribution in [2.24, 2.45) is 0 Å². The van der Waals surface area contributed by atoms with Crippen LogP contribution in [0.4, 0.5) is 5.69 Å². The van der Waals surface area contributed by atoms with Crippen molar-refractivity contribution in [3.8, 4) is 0 Å². The lowest BCUT2D eigenvalue weighted by molar-refractivity contribution is -0.127. The monoisotopic (exact) mass is 265 g/mol. The van der Waals surface area contributed by atoms with E-state index in [1.807, 2.05) is 11.0 Å². The van der Waals surface area contributed by atoms with Crippen molar-refractivity contribution in [3.63, 3.8) is 0 Å². The number of pyridine rings is 1. The summed E-state index contributed by atoms with van der Waals surface area (Å²) in [5, 5.41) is 9.44. The molecule has 1 atom stereocenters. The third-order valence-corrected chi connectivity index (χ3v) is 2.88. The quantitative estimate of drug-likeness (QED) is 0.845. The second-order valence-corrected chi connectivity index (χ2v) is 4.83. The highest BCUT2D eigenvalue weighted by molar-refractivity contribution is 5.80. The molecule has 1 rings (SSSR count). The Hall–Kier alpha value is -1.62. The SMILES string of the molecule is CCCN(CC(=O)N(C)C)c1ccc([C@@H](C)O)nc1. The van der Waals surface area contributed by atoms with Crippen molar-refractivity contribution >= 4 is 11.6 Å². The van der Waals surface area contributed by atoms with Crippen LogP contribution in [0.15, 0.2) is 18.3 Å². The van der Waals surface area contributed by atoms with Gasteiger partial charge in [0, 0.05) is 20.6 Å². The van der Waals surface area contributed by atoms with Gasteiger partial charge in [-0.15, -0.1) is 0 Å². The van der Waals surface area contributed by atoms with Crippen molar-refractivity contribution in [1.82, 2.24) is 9.88 Å². The Bertz CT molecular complexity index is 402. The number of aromatic nitrogens is 1. The maximum absolute atomic E-state index is 11.8. The molecule has 5 nitrogen and oxygen atoms in total. The summed E-state index contributed by atoms with van der Waals surface area (Å²) in [6.45, 7) is 4.90. The Labute approximate surface area is 114 Å². The van der Waals surface area contributed by atoms with Crippen molar-refractivity contribution in [2.75, 3.05) is 32.1 Å². The Morgan fingerprint density at radius 2 is 2.11 bits per heavy atom. The molecule has 1 aromatic heterocycles. The van der Waals surface area contributed by atoms with E-state index in [-0.39, 0.29) is 5.91 Å². The second kappa shape index (κ2) is 7.09. The first-order valence-corrected chi connectivity index (χ1v) is 6.54. The van der Waals surface area contributed by atoms with Crippen LogP contribution in [0.5, 0.6) is 0 Å². The number of rotatable bonds is 6. The molecule has 19 heavy (non-hydrogen) atoms. The highest BCUT2D eigenvalue weighted by Crippen LogP contribution is 2.16. The van der Waals surface area contributed by atoms with Gasteiger partial charge >= 0.3 is 0 Å². The van der Waals surface area contributed by atoms with E-state index in [4.69, 9.17) is 0 Å². The van der Waals surface area contributed by atoms with Crippen LogP contribution in [0.25, 0.3) is 0 Å². The fourth-order valence-electron chi connectivity index (χ4n) is 1.71. The van der Waals surface area contributed by atoms with Crippen LogP contribution >= 0.6 is 0 Å². The zero-order chi connectivity index (χ0) is 14.4. The molecule has 0 spiro atoms. The maximum Gasteiger partial charge on any atom is 0.241 e. The normalized spacial score (nSPS) is 12.1. The number of amides is 1. The van der Waals surface area contributed by atoms with Crippen LogP contribution in [0.1, 0.15) is 32.1 Å². The van der Waals surface area contributed by atoms with Gasteiger partial charge in [-0.2, -0.15) is 0 Å². The van der Waals surface area contributed by atoms with Gasteiger partial charge in [0.05, 0.1) is 30.2 Å². The Morgan fingerprint density at radius 1 is 1.42 bits per heavy atom. The molecule has 0 saturated heterocycles. The number of aliphatic hydroxyl groups excluding tert-OH is 1. The number of anilines is 1. The van der Waals surface area contributed by atoms with Gasteiger partial charge in [-0.1, -0.05) is 6.92 Å². The fraction of sp³-hybridized carbons (Fsp3) is 0.571. The number of nitrogens with zero attached hydrogens (tertiary/aromatic N) is 3. The van der Waals surface area contributed by atoms with Crippen LogP contribution in [0, 0.1) is 0 Å². The van der Waals surface area contributed by atoms with Gasteiger partial charge in [0.15, 0.2) is 0 Å². The minimum atomic E-state index is -0.572. The van der Waals surface area contributed by atoms with Gasteiger partial charge in [0.2, 0.25) is 5.91 Å². The molecular formula is C14H23N3O2. The van der Waals surface area contributed by atoms with Crippen molar-refractivity contribution in [3.05, 3.63) is 24.0 Å². The van der Waals surface area contributed by atoms with E-state index in [2.05, 4.69) is 11.9 Å². The molecular weight excluding hydrogens is 242 g/mol. The highest BCUT2D eigenvalue weighted by atomic mass is 16.3. The molecule has 0 radical (unpaired) electrons.